The number of hydrogen-bond acceptors (Lipinski definition) is 5. The summed E-state index contributed by atoms with van der Waals surface area (Å²) < 4.78 is 0.338. The number of nitrogen functional groups attached to an aromatic ring is 1. The van der Waals surface area contributed by atoms with Crippen molar-refractivity contribution in [2.45, 2.75) is 37.9 Å². The Kier molecular flexibility index (Phi) is 3.76. The molecule has 1 atom stereocenters. The van der Waals surface area contributed by atoms with Gasteiger partial charge >= 0.3 is 0 Å². The fraction of sp³-hybridized carbons (Fsp3) is 0.667. The third-order valence-electron chi connectivity index (χ3n) is 3.26. The highest BCUT2D eigenvalue weighted by Crippen LogP contribution is 2.37. The summed E-state index contributed by atoms with van der Waals surface area (Å²) in [6, 6.07) is 0. The van der Waals surface area contributed by atoms with Crippen LogP contribution in [0.5, 0.6) is 0 Å². The molecule has 1 aliphatic rings. The number of nitrogens with zero attached hydrogens (tertiary/aromatic N) is 2. The highest BCUT2D eigenvalue weighted by molar-refractivity contribution is 8.00. The zero-order valence-electron chi connectivity index (χ0n) is 10.5. The fourth-order valence-corrected chi connectivity index (χ4v) is 3.42. The molecule has 0 bridgehead atoms. The molecule has 1 unspecified atom stereocenters. The lowest BCUT2D eigenvalue weighted by Crippen LogP contribution is -2.28. The molecular formula is C12H20N4S. The molecule has 94 valence electrons. The lowest BCUT2D eigenvalue weighted by molar-refractivity contribution is 0.633. The van der Waals surface area contributed by atoms with Gasteiger partial charge in [-0.05, 0) is 31.9 Å². The van der Waals surface area contributed by atoms with E-state index in [1.54, 1.807) is 0 Å². The Labute approximate surface area is 107 Å². The second kappa shape index (κ2) is 5.12. The molecule has 0 spiro atoms. The monoisotopic (exact) mass is 252 g/mol. The summed E-state index contributed by atoms with van der Waals surface area (Å²) in [5.74, 6) is 2.76. The van der Waals surface area contributed by atoms with Crippen molar-refractivity contribution in [3.8, 4) is 0 Å². The topological polar surface area (TPSA) is 63.8 Å². The summed E-state index contributed by atoms with van der Waals surface area (Å²) in [7, 11) is 0. The molecule has 3 N–H and O–H groups in total. The third kappa shape index (κ3) is 2.83. The maximum atomic E-state index is 5.85. The van der Waals surface area contributed by atoms with Crippen LogP contribution in [-0.2, 0) is 6.42 Å². The molecule has 17 heavy (non-hydrogen) atoms. The average molecular weight is 252 g/mol. The van der Waals surface area contributed by atoms with Crippen molar-refractivity contribution in [2.24, 2.45) is 0 Å². The Bertz CT molecular complexity index is 388. The number of aromatic nitrogens is 2. The number of thioether (sulfide) groups is 1. The molecule has 1 fully saturated rings. The van der Waals surface area contributed by atoms with Gasteiger partial charge < -0.3 is 11.1 Å². The van der Waals surface area contributed by atoms with Crippen LogP contribution in [0.1, 0.15) is 32.3 Å². The van der Waals surface area contributed by atoms with Gasteiger partial charge in [0.15, 0.2) is 0 Å². The second-order valence-electron chi connectivity index (χ2n) is 4.70. The van der Waals surface area contributed by atoms with Crippen LogP contribution in [0.4, 0.5) is 11.6 Å². The first-order valence-electron chi connectivity index (χ1n) is 6.12. The van der Waals surface area contributed by atoms with Gasteiger partial charge in [0.25, 0.3) is 0 Å². The van der Waals surface area contributed by atoms with Gasteiger partial charge in [-0.15, -0.1) is 0 Å². The van der Waals surface area contributed by atoms with Crippen molar-refractivity contribution >= 4 is 23.4 Å². The first kappa shape index (κ1) is 12.5. The highest BCUT2D eigenvalue weighted by Gasteiger charge is 2.29. The highest BCUT2D eigenvalue weighted by atomic mass is 32.2. The summed E-state index contributed by atoms with van der Waals surface area (Å²) in [6.45, 7) is 5.33. The normalized spacial score (nSPS) is 23.9. The minimum absolute atomic E-state index is 0.338. The number of rotatable bonds is 4. The van der Waals surface area contributed by atoms with E-state index in [2.05, 4.69) is 29.1 Å². The van der Waals surface area contributed by atoms with E-state index in [1.165, 1.54) is 24.9 Å². The van der Waals surface area contributed by atoms with Crippen molar-refractivity contribution in [1.82, 2.24) is 9.97 Å². The van der Waals surface area contributed by atoms with Gasteiger partial charge in [0.05, 0.1) is 0 Å². The molecular weight excluding hydrogens is 232 g/mol. The average Bonchev–Trinajstić information content (AvgIpc) is 2.74. The number of hydrogen-bond donors (Lipinski definition) is 2. The molecule has 0 aromatic carbocycles. The second-order valence-corrected chi connectivity index (χ2v) is 6.38. The standard InChI is InChI=1S/C12H20N4S/c1-3-9-10(13)15-8-16-11(9)14-7-12(2)5-4-6-17-12/h8H,3-7H2,1-2H3,(H3,13,14,15,16). The van der Waals surface area contributed by atoms with Gasteiger partial charge in [0, 0.05) is 16.9 Å². The smallest absolute Gasteiger partial charge is 0.134 e. The van der Waals surface area contributed by atoms with E-state index < -0.39 is 0 Å². The van der Waals surface area contributed by atoms with E-state index in [1.807, 2.05) is 11.8 Å². The molecule has 1 aliphatic heterocycles. The molecule has 5 heteroatoms. The molecule has 2 rings (SSSR count). The fourth-order valence-electron chi connectivity index (χ4n) is 2.17. The van der Waals surface area contributed by atoms with E-state index in [0.29, 0.717) is 10.6 Å². The van der Waals surface area contributed by atoms with Gasteiger partial charge in [-0.3, -0.25) is 0 Å². The van der Waals surface area contributed by atoms with Crippen molar-refractivity contribution < 1.29 is 0 Å². The predicted molar refractivity (Wildman–Crippen MR) is 74.4 cm³/mol. The minimum atomic E-state index is 0.338. The van der Waals surface area contributed by atoms with Gasteiger partial charge in [-0.2, -0.15) is 11.8 Å². The number of nitrogens with one attached hydrogen (secondary N) is 1. The van der Waals surface area contributed by atoms with Gasteiger partial charge in [-0.25, -0.2) is 9.97 Å². The van der Waals surface area contributed by atoms with E-state index in [-0.39, 0.29) is 0 Å². The van der Waals surface area contributed by atoms with Crippen molar-refractivity contribution in [3.63, 3.8) is 0 Å². The maximum absolute atomic E-state index is 5.85. The minimum Gasteiger partial charge on any atom is -0.383 e. The SMILES string of the molecule is CCc1c(N)ncnc1NCC1(C)CCCS1. The predicted octanol–water partition coefficient (Wildman–Crippen LogP) is 2.32. The first-order chi connectivity index (χ1) is 8.14. The quantitative estimate of drug-likeness (QED) is 0.861. The molecule has 0 saturated carbocycles. The van der Waals surface area contributed by atoms with Crippen molar-refractivity contribution in [2.75, 3.05) is 23.3 Å². The van der Waals surface area contributed by atoms with Crippen LogP contribution in [0.3, 0.4) is 0 Å². The zero-order chi connectivity index (χ0) is 12.3. The summed E-state index contributed by atoms with van der Waals surface area (Å²) in [4.78, 5) is 8.32. The lowest BCUT2D eigenvalue weighted by Gasteiger charge is -2.24. The molecule has 1 saturated heterocycles. The maximum Gasteiger partial charge on any atom is 0.134 e. The van der Waals surface area contributed by atoms with E-state index in [0.717, 1.165) is 24.3 Å². The molecule has 1 aromatic rings. The van der Waals surface area contributed by atoms with Crippen LogP contribution in [-0.4, -0.2) is 27.0 Å². The first-order valence-corrected chi connectivity index (χ1v) is 7.10. The van der Waals surface area contributed by atoms with Crippen molar-refractivity contribution in [3.05, 3.63) is 11.9 Å². The number of anilines is 2. The molecule has 0 aliphatic carbocycles. The molecule has 2 heterocycles. The van der Waals surface area contributed by atoms with Crippen LogP contribution in [0.15, 0.2) is 6.33 Å². The molecule has 0 amide bonds. The summed E-state index contributed by atoms with van der Waals surface area (Å²) in [6.07, 6.45) is 4.97. The lowest BCUT2D eigenvalue weighted by atomic mass is 10.1. The Morgan fingerprint density at radius 1 is 1.53 bits per heavy atom. The molecule has 1 aromatic heterocycles. The largest absolute Gasteiger partial charge is 0.383 e. The zero-order valence-corrected chi connectivity index (χ0v) is 11.3. The van der Waals surface area contributed by atoms with Gasteiger partial charge in [0.2, 0.25) is 0 Å². The molecule has 4 nitrogen and oxygen atoms in total. The van der Waals surface area contributed by atoms with E-state index in [4.69, 9.17) is 5.73 Å². The Morgan fingerprint density at radius 3 is 3.00 bits per heavy atom. The van der Waals surface area contributed by atoms with Crippen LogP contribution >= 0.6 is 11.8 Å². The summed E-state index contributed by atoms with van der Waals surface area (Å²) >= 11 is 2.04. The third-order valence-corrected chi connectivity index (χ3v) is 4.80. The van der Waals surface area contributed by atoms with E-state index >= 15 is 0 Å². The van der Waals surface area contributed by atoms with Crippen LogP contribution < -0.4 is 11.1 Å². The summed E-state index contributed by atoms with van der Waals surface area (Å²) in [5.41, 5.74) is 6.88. The Hall–Kier alpha value is -0.970. The van der Waals surface area contributed by atoms with Crippen molar-refractivity contribution in [1.29, 1.82) is 0 Å². The summed E-state index contributed by atoms with van der Waals surface area (Å²) in [5, 5.41) is 3.44. The number of nitrogens with two attached hydrogens (primary N) is 1. The van der Waals surface area contributed by atoms with E-state index in [9.17, 15) is 0 Å². The van der Waals surface area contributed by atoms with Crippen LogP contribution in [0.25, 0.3) is 0 Å². The Morgan fingerprint density at radius 2 is 2.35 bits per heavy atom. The van der Waals surface area contributed by atoms with Crippen LogP contribution in [0.2, 0.25) is 0 Å². The molecule has 0 radical (unpaired) electrons. The Balaban J connectivity index is 2.06. The van der Waals surface area contributed by atoms with Gasteiger partial charge in [-0.1, -0.05) is 6.92 Å². The van der Waals surface area contributed by atoms with Crippen LogP contribution in [0, 0.1) is 0 Å². The van der Waals surface area contributed by atoms with Gasteiger partial charge in [0.1, 0.15) is 18.0 Å².